The lowest BCUT2D eigenvalue weighted by atomic mass is 9.86. The van der Waals surface area contributed by atoms with Gasteiger partial charge in [0, 0.05) is 30.0 Å². The molecule has 2 heterocycles. The average molecular weight is 438 g/mol. The molecule has 1 aliphatic heterocycles. The fourth-order valence-electron chi connectivity index (χ4n) is 3.99. The minimum Gasteiger partial charge on any atom is -0.267 e. The van der Waals surface area contributed by atoms with Crippen LogP contribution in [0.2, 0.25) is 0 Å². The van der Waals surface area contributed by atoms with E-state index in [1.165, 1.54) is 22.9 Å². The number of fused-ring (bicyclic) bond motifs is 1. The summed E-state index contributed by atoms with van der Waals surface area (Å²) >= 11 is 0. The van der Waals surface area contributed by atoms with Crippen LogP contribution in [0.1, 0.15) is 28.4 Å². The highest BCUT2D eigenvalue weighted by molar-refractivity contribution is 6.05. The number of rotatable bonds is 3. The first-order valence-electron chi connectivity index (χ1n) is 10.3. The van der Waals surface area contributed by atoms with Gasteiger partial charge in [-0.15, -0.1) is 0 Å². The number of hydrogen-bond acceptors (Lipinski definition) is 4. The van der Waals surface area contributed by atoms with Crippen LogP contribution in [0.25, 0.3) is 11.3 Å². The highest BCUT2D eigenvalue weighted by atomic mass is 19.1. The van der Waals surface area contributed by atoms with E-state index in [1.807, 2.05) is 30.3 Å². The number of hydrogen-bond donors (Lipinski definition) is 0. The summed E-state index contributed by atoms with van der Waals surface area (Å²) in [4.78, 5) is 17.6. The molecule has 0 saturated carbocycles. The van der Waals surface area contributed by atoms with Gasteiger partial charge in [0.1, 0.15) is 17.5 Å². The Kier molecular flexibility index (Phi) is 5.11. The Morgan fingerprint density at radius 1 is 0.939 bits per heavy atom. The Morgan fingerprint density at radius 2 is 1.70 bits per heavy atom. The maximum Gasteiger partial charge on any atom is 0.274 e. The predicted molar refractivity (Wildman–Crippen MR) is 120 cm³/mol. The molecule has 0 N–H and O–H groups in total. The molecule has 1 aromatic heterocycles. The quantitative estimate of drug-likeness (QED) is 0.467. The zero-order valence-corrected chi connectivity index (χ0v) is 17.2. The van der Waals surface area contributed by atoms with Crippen molar-refractivity contribution in [3.05, 3.63) is 123 Å². The second kappa shape index (κ2) is 8.24. The third-order valence-corrected chi connectivity index (χ3v) is 5.60. The van der Waals surface area contributed by atoms with Crippen LogP contribution in [0, 0.1) is 23.0 Å². The van der Waals surface area contributed by atoms with Crippen molar-refractivity contribution in [1.29, 1.82) is 5.26 Å². The van der Waals surface area contributed by atoms with Crippen molar-refractivity contribution in [3.63, 3.8) is 0 Å². The van der Waals surface area contributed by atoms with Gasteiger partial charge in [-0.1, -0.05) is 48.5 Å². The number of benzene rings is 3. The molecule has 3 aromatic carbocycles. The third kappa shape index (κ3) is 3.83. The lowest BCUT2D eigenvalue weighted by molar-refractivity contribution is 0.558. The van der Waals surface area contributed by atoms with Crippen molar-refractivity contribution in [1.82, 2.24) is 9.66 Å². The second-order valence-corrected chi connectivity index (χ2v) is 7.67. The lowest BCUT2D eigenvalue weighted by Gasteiger charge is -2.26. The largest absolute Gasteiger partial charge is 0.274 e. The average Bonchev–Trinajstić information content (AvgIpc) is 2.84. The normalized spacial score (nSPS) is 14.8. The maximum atomic E-state index is 14.8. The van der Waals surface area contributed by atoms with Gasteiger partial charge in [-0.05, 0) is 29.3 Å². The van der Waals surface area contributed by atoms with Crippen molar-refractivity contribution in [3.8, 4) is 17.3 Å². The number of halogens is 2. The standard InChI is InChI=1S/C26H16F2N4O/c27-19-10-11-20(22(28)12-19)21-13-24-30-23(17-8-6-16(15-29)7-9-17)14-25(33)32(24)31-26(21)18-4-2-1-3-5-18/h1-12,14,21H,13H2. The molecule has 7 heteroatoms. The number of aromatic nitrogens is 2. The summed E-state index contributed by atoms with van der Waals surface area (Å²) < 4.78 is 29.6. The molecule has 0 aliphatic carbocycles. The zero-order valence-electron chi connectivity index (χ0n) is 17.2. The molecule has 1 aliphatic rings. The summed E-state index contributed by atoms with van der Waals surface area (Å²) in [5.74, 6) is -1.53. The SMILES string of the molecule is N#Cc1ccc(-c2cc(=O)n3c(n2)CC(c2ccc(F)cc2F)C(c2ccccc2)=N3)cc1. The summed E-state index contributed by atoms with van der Waals surface area (Å²) in [7, 11) is 0. The van der Waals surface area contributed by atoms with Gasteiger partial charge in [0.15, 0.2) is 0 Å². The van der Waals surface area contributed by atoms with E-state index in [-0.39, 0.29) is 17.5 Å². The van der Waals surface area contributed by atoms with Crippen LogP contribution in [0.15, 0.2) is 88.8 Å². The van der Waals surface area contributed by atoms with Crippen molar-refractivity contribution >= 4 is 5.71 Å². The summed E-state index contributed by atoms with van der Waals surface area (Å²) in [5.41, 5.74) is 2.76. The fraction of sp³-hybridized carbons (Fsp3) is 0.0769. The van der Waals surface area contributed by atoms with Crippen LogP contribution in [-0.2, 0) is 6.42 Å². The third-order valence-electron chi connectivity index (χ3n) is 5.60. The molecule has 5 nitrogen and oxygen atoms in total. The molecule has 1 atom stereocenters. The molecule has 160 valence electrons. The van der Waals surface area contributed by atoms with Crippen LogP contribution in [0.3, 0.4) is 0 Å². The van der Waals surface area contributed by atoms with Gasteiger partial charge in [-0.25, -0.2) is 13.8 Å². The number of nitrogens with zero attached hydrogens (tertiary/aromatic N) is 4. The van der Waals surface area contributed by atoms with E-state index >= 15 is 0 Å². The van der Waals surface area contributed by atoms with Crippen LogP contribution in [-0.4, -0.2) is 15.4 Å². The molecular formula is C26H16F2N4O. The van der Waals surface area contributed by atoms with E-state index in [0.29, 0.717) is 28.4 Å². The molecule has 0 fully saturated rings. The molecular weight excluding hydrogens is 422 g/mol. The van der Waals surface area contributed by atoms with E-state index < -0.39 is 17.6 Å². The van der Waals surface area contributed by atoms with Crippen molar-refractivity contribution in [2.45, 2.75) is 12.3 Å². The van der Waals surface area contributed by atoms with Crippen LogP contribution < -0.4 is 5.56 Å². The smallest absolute Gasteiger partial charge is 0.267 e. The van der Waals surface area contributed by atoms with Crippen molar-refractivity contribution in [2.24, 2.45) is 5.10 Å². The van der Waals surface area contributed by atoms with Gasteiger partial charge in [0.2, 0.25) is 0 Å². The Balaban J connectivity index is 1.67. The van der Waals surface area contributed by atoms with E-state index in [4.69, 9.17) is 5.26 Å². The molecule has 0 radical (unpaired) electrons. The van der Waals surface area contributed by atoms with Crippen molar-refractivity contribution in [2.75, 3.05) is 0 Å². The monoisotopic (exact) mass is 438 g/mol. The highest BCUT2D eigenvalue weighted by Gasteiger charge is 2.30. The Labute approximate surface area is 187 Å². The maximum absolute atomic E-state index is 14.8. The predicted octanol–water partition coefficient (Wildman–Crippen LogP) is 4.65. The summed E-state index contributed by atoms with van der Waals surface area (Å²) in [5, 5.41) is 13.6. The van der Waals surface area contributed by atoms with Crippen LogP contribution >= 0.6 is 0 Å². The molecule has 0 bridgehead atoms. The summed E-state index contributed by atoms with van der Waals surface area (Å²) in [6.07, 6.45) is 0.204. The van der Waals surface area contributed by atoms with Gasteiger partial charge >= 0.3 is 0 Å². The summed E-state index contributed by atoms with van der Waals surface area (Å²) in [6, 6.07) is 22.8. The molecule has 1 unspecified atom stereocenters. The first-order chi connectivity index (χ1) is 16.0. The van der Waals surface area contributed by atoms with E-state index in [9.17, 15) is 13.6 Å². The van der Waals surface area contributed by atoms with E-state index in [2.05, 4.69) is 16.2 Å². The molecule has 5 rings (SSSR count). The molecule has 4 aromatic rings. The number of nitriles is 1. The molecule has 0 saturated heterocycles. The first-order valence-corrected chi connectivity index (χ1v) is 10.3. The highest BCUT2D eigenvalue weighted by Crippen LogP contribution is 2.31. The molecule has 0 spiro atoms. The minimum absolute atomic E-state index is 0.204. The van der Waals surface area contributed by atoms with Crippen LogP contribution in [0.4, 0.5) is 8.78 Å². The van der Waals surface area contributed by atoms with Gasteiger partial charge < -0.3 is 0 Å². The van der Waals surface area contributed by atoms with Gasteiger partial charge in [-0.2, -0.15) is 15.0 Å². The first kappa shape index (κ1) is 20.5. The fourth-order valence-corrected chi connectivity index (χ4v) is 3.99. The Hall–Kier alpha value is -4.44. The minimum atomic E-state index is -0.678. The Bertz CT molecular complexity index is 1490. The van der Waals surface area contributed by atoms with Crippen molar-refractivity contribution < 1.29 is 8.78 Å². The van der Waals surface area contributed by atoms with E-state index in [1.54, 1.807) is 24.3 Å². The van der Waals surface area contributed by atoms with Crippen LogP contribution in [0.5, 0.6) is 0 Å². The molecule has 33 heavy (non-hydrogen) atoms. The molecule has 0 amide bonds. The topological polar surface area (TPSA) is 71.0 Å². The van der Waals surface area contributed by atoms with Gasteiger partial charge in [-0.3, -0.25) is 4.79 Å². The lowest BCUT2D eigenvalue weighted by Crippen LogP contribution is -2.32. The van der Waals surface area contributed by atoms with E-state index in [0.717, 1.165) is 11.6 Å². The summed E-state index contributed by atoms with van der Waals surface area (Å²) in [6.45, 7) is 0. The van der Waals surface area contributed by atoms with Gasteiger partial charge in [0.05, 0.1) is 23.0 Å². The van der Waals surface area contributed by atoms with Gasteiger partial charge in [0.25, 0.3) is 5.56 Å². The Morgan fingerprint density at radius 3 is 2.39 bits per heavy atom. The zero-order chi connectivity index (χ0) is 22.9. The second-order valence-electron chi connectivity index (χ2n) is 7.67.